The standard InChI is InChI=1S/C25H20N4S/c1-3-7-19(8-4-1)17-29-14-13-22-12-11-20(15-24(22)29)16-26-28-25-27-23(18-30-25)21-9-5-2-6-10-21/h1-16,18H,17H2,(H,27,28). The van der Waals surface area contributed by atoms with Crippen molar-refractivity contribution in [1.82, 2.24) is 9.55 Å². The second-order valence-corrected chi connectivity index (χ2v) is 7.88. The van der Waals surface area contributed by atoms with Crippen LogP contribution in [-0.2, 0) is 6.54 Å². The minimum Gasteiger partial charge on any atom is -0.343 e. The van der Waals surface area contributed by atoms with Crippen LogP contribution in [0.5, 0.6) is 0 Å². The van der Waals surface area contributed by atoms with Gasteiger partial charge in [-0.15, -0.1) is 11.3 Å². The van der Waals surface area contributed by atoms with E-state index in [2.05, 4.69) is 86.9 Å². The van der Waals surface area contributed by atoms with Crippen LogP contribution >= 0.6 is 11.3 Å². The van der Waals surface area contributed by atoms with Gasteiger partial charge in [0.15, 0.2) is 0 Å². The highest BCUT2D eigenvalue weighted by Gasteiger charge is 2.04. The smallest absolute Gasteiger partial charge is 0.203 e. The van der Waals surface area contributed by atoms with Crippen LogP contribution in [0.3, 0.4) is 0 Å². The first-order valence-electron chi connectivity index (χ1n) is 9.78. The Hall–Kier alpha value is -3.70. The van der Waals surface area contributed by atoms with Crippen molar-refractivity contribution in [3.05, 3.63) is 108 Å². The first kappa shape index (κ1) is 18.3. The Balaban J connectivity index is 1.31. The molecule has 2 aromatic heterocycles. The van der Waals surface area contributed by atoms with Crippen molar-refractivity contribution in [3.8, 4) is 11.3 Å². The lowest BCUT2D eigenvalue weighted by atomic mass is 10.2. The number of benzene rings is 3. The lowest BCUT2D eigenvalue weighted by Crippen LogP contribution is -1.98. The van der Waals surface area contributed by atoms with E-state index in [1.54, 1.807) is 11.3 Å². The summed E-state index contributed by atoms with van der Waals surface area (Å²) in [6.45, 7) is 0.852. The number of hydrogen-bond acceptors (Lipinski definition) is 4. The molecule has 3 aromatic carbocycles. The molecule has 5 rings (SSSR count). The molecule has 0 aliphatic heterocycles. The molecule has 0 atom stereocenters. The minimum absolute atomic E-state index is 0.777. The van der Waals surface area contributed by atoms with Crippen molar-refractivity contribution in [3.63, 3.8) is 0 Å². The maximum Gasteiger partial charge on any atom is 0.203 e. The number of hydrogen-bond donors (Lipinski definition) is 1. The van der Waals surface area contributed by atoms with Gasteiger partial charge in [-0.05, 0) is 28.6 Å². The molecule has 0 unspecified atom stereocenters. The van der Waals surface area contributed by atoms with Crippen LogP contribution in [0.15, 0.2) is 102 Å². The lowest BCUT2D eigenvalue weighted by molar-refractivity contribution is 0.837. The molecule has 0 saturated carbocycles. The number of fused-ring (bicyclic) bond motifs is 1. The van der Waals surface area contributed by atoms with Crippen LogP contribution in [0.4, 0.5) is 5.13 Å². The highest BCUT2D eigenvalue weighted by Crippen LogP contribution is 2.24. The molecular weight excluding hydrogens is 388 g/mol. The second-order valence-electron chi connectivity index (χ2n) is 7.02. The Bertz CT molecular complexity index is 1290. The molecule has 146 valence electrons. The third-order valence-electron chi connectivity index (χ3n) is 4.94. The molecule has 2 heterocycles. The number of hydrazone groups is 1. The van der Waals surface area contributed by atoms with Gasteiger partial charge < -0.3 is 4.57 Å². The zero-order valence-corrected chi connectivity index (χ0v) is 17.1. The summed E-state index contributed by atoms with van der Waals surface area (Å²) in [6.07, 6.45) is 3.97. The molecule has 30 heavy (non-hydrogen) atoms. The monoisotopic (exact) mass is 408 g/mol. The van der Waals surface area contributed by atoms with Gasteiger partial charge in [0.2, 0.25) is 5.13 Å². The largest absolute Gasteiger partial charge is 0.343 e. The van der Waals surface area contributed by atoms with Gasteiger partial charge in [-0.3, -0.25) is 5.43 Å². The summed E-state index contributed by atoms with van der Waals surface area (Å²) in [6, 6.07) is 29.2. The van der Waals surface area contributed by atoms with Gasteiger partial charge in [0.1, 0.15) is 0 Å². The Kier molecular flexibility index (Phi) is 5.10. The molecule has 0 bridgehead atoms. The normalized spacial score (nSPS) is 11.3. The summed E-state index contributed by atoms with van der Waals surface area (Å²) in [7, 11) is 0. The van der Waals surface area contributed by atoms with Crippen LogP contribution < -0.4 is 5.43 Å². The van der Waals surface area contributed by atoms with E-state index in [0.717, 1.165) is 28.5 Å². The first-order valence-corrected chi connectivity index (χ1v) is 10.7. The predicted octanol–water partition coefficient (Wildman–Crippen LogP) is 6.26. The predicted molar refractivity (Wildman–Crippen MR) is 126 cm³/mol. The van der Waals surface area contributed by atoms with E-state index in [1.165, 1.54) is 16.5 Å². The van der Waals surface area contributed by atoms with E-state index in [9.17, 15) is 0 Å². The highest BCUT2D eigenvalue weighted by molar-refractivity contribution is 7.14. The molecule has 0 saturated heterocycles. The van der Waals surface area contributed by atoms with E-state index in [-0.39, 0.29) is 0 Å². The summed E-state index contributed by atoms with van der Waals surface area (Å²) in [5.41, 5.74) is 8.64. The number of rotatable bonds is 6. The summed E-state index contributed by atoms with van der Waals surface area (Å²) in [4.78, 5) is 4.60. The van der Waals surface area contributed by atoms with Crippen molar-refractivity contribution >= 4 is 33.6 Å². The molecule has 0 radical (unpaired) electrons. The van der Waals surface area contributed by atoms with Crippen LogP contribution in [0.2, 0.25) is 0 Å². The van der Waals surface area contributed by atoms with E-state index in [4.69, 9.17) is 0 Å². The van der Waals surface area contributed by atoms with Gasteiger partial charge in [0.05, 0.1) is 11.9 Å². The third-order valence-corrected chi connectivity index (χ3v) is 5.69. The molecule has 0 fully saturated rings. The summed E-state index contributed by atoms with van der Waals surface area (Å²) in [5, 5.41) is 8.43. The Morgan fingerprint density at radius 3 is 2.57 bits per heavy atom. The average molecular weight is 409 g/mol. The Morgan fingerprint density at radius 2 is 1.73 bits per heavy atom. The minimum atomic E-state index is 0.777. The van der Waals surface area contributed by atoms with Gasteiger partial charge in [0.25, 0.3) is 0 Å². The van der Waals surface area contributed by atoms with Crippen molar-refractivity contribution in [2.24, 2.45) is 5.10 Å². The summed E-state index contributed by atoms with van der Waals surface area (Å²) < 4.78 is 2.27. The Morgan fingerprint density at radius 1 is 0.933 bits per heavy atom. The maximum absolute atomic E-state index is 4.60. The molecule has 5 heteroatoms. The fraction of sp³-hybridized carbons (Fsp3) is 0.0400. The van der Waals surface area contributed by atoms with Crippen LogP contribution in [0.1, 0.15) is 11.1 Å². The van der Waals surface area contributed by atoms with Gasteiger partial charge in [0, 0.05) is 29.2 Å². The van der Waals surface area contributed by atoms with Crippen LogP contribution in [0, 0.1) is 0 Å². The molecule has 4 nitrogen and oxygen atoms in total. The molecule has 0 amide bonds. The number of nitrogens with zero attached hydrogens (tertiary/aromatic N) is 3. The topological polar surface area (TPSA) is 42.2 Å². The zero-order chi connectivity index (χ0) is 20.2. The van der Waals surface area contributed by atoms with E-state index >= 15 is 0 Å². The third kappa shape index (κ3) is 4.02. The summed E-state index contributed by atoms with van der Waals surface area (Å²) >= 11 is 1.55. The van der Waals surface area contributed by atoms with Crippen LogP contribution in [-0.4, -0.2) is 15.8 Å². The zero-order valence-electron chi connectivity index (χ0n) is 16.3. The van der Waals surface area contributed by atoms with E-state index in [0.29, 0.717) is 0 Å². The summed E-state index contributed by atoms with van der Waals surface area (Å²) in [5.74, 6) is 0. The molecule has 0 aliphatic carbocycles. The highest BCUT2D eigenvalue weighted by atomic mass is 32.1. The van der Waals surface area contributed by atoms with Crippen molar-refractivity contribution in [2.75, 3.05) is 5.43 Å². The number of nitrogens with one attached hydrogen (secondary N) is 1. The number of aromatic nitrogens is 2. The van der Waals surface area contributed by atoms with Crippen LogP contribution in [0.25, 0.3) is 22.2 Å². The van der Waals surface area contributed by atoms with Gasteiger partial charge in [-0.1, -0.05) is 72.8 Å². The molecular formula is C25H20N4S. The fourth-order valence-corrected chi connectivity index (χ4v) is 4.10. The van der Waals surface area contributed by atoms with Crippen molar-refractivity contribution in [2.45, 2.75) is 6.54 Å². The van der Waals surface area contributed by atoms with E-state index in [1.807, 2.05) is 35.9 Å². The molecule has 5 aromatic rings. The quantitative estimate of drug-likeness (QED) is 0.266. The fourth-order valence-electron chi connectivity index (χ4n) is 3.43. The number of anilines is 1. The first-order chi connectivity index (χ1) is 14.8. The van der Waals surface area contributed by atoms with Crippen molar-refractivity contribution < 1.29 is 0 Å². The Labute approximate surface area is 179 Å². The number of thiazole rings is 1. The van der Waals surface area contributed by atoms with E-state index < -0.39 is 0 Å². The average Bonchev–Trinajstić information content (AvgIpc) is 3.43. The van der Waals surface area contributed by atoms with Gasteiger partial charge in [-0.25, -0.2) is 4.98 Å². The second kappa shape index (κ2) is 8.35. The van der Waals surface area contributed by atoms with Gasteiger partial charge in [-0.2, -0.15) is 5.10 Å². The molecule has 1 N–H and O–H groups in total. The van der Waals surface area contributed by atoms with Crippen molar-refractivity contribution in [1.29, 1.82) is 0 Å². The molecule has 0 aliphatic rings. The lowest BCUT2D eigenvalue weighted by Gasteiger charge is -2.06. The SMILES string of the molecule is C(=NNc1nc(-c2ccccc2)cs1)c1ccc2ccn(Cc3ccccc3)c2c1. The van der Waals surface area contributed by atoms with Gasteiger partial charge >= 0.3 is 0 Å². The maximum atomic E-state index is 4.60. The molecule has 0 spiro atoms.